The Hall–Kier alpha value is -1.69. The van der Waals surface area contributed by atoms with Crippen molar-refractivity contribution in [3.63, 3.8) is 0 Å². The van der Waals surface area contributed by atoms with Gasteiger partial charge in [0.2, 0.25) is 5.91 Å². The van der Waals surface area contributed by atoms with Gasteiger partial charge in [0.05, 0.1) is 5.69 Å². The van der Waals surface area contributed by atoms with Crippen molar-refractivity contribution in [2.75, 3.05) is 12.0 Å². The Kier molecular flexibility index (Phi) is 5.50. The number of H-pyrrole nitrogens is 1. The van der Waals surface area contributed by atoms with Gasteiger partial charge in [-0.2, -0.15) is 16.9 Å². The van der Waals surface area contributed by atoms with Gasteiger partial charge in [0.15, 0.2) is 0 Å². The Balaban J connectivity index is 2.02. The number of hydrogen-bond acceptors (Lipinski definition) is 3. The zero-order chi connectivity index (χ0) is 15.2. The molecule has 6 heteroatoms. The van der Waals surface area contributed by atoms with Crippen molar-refractivity contribution in [3.8, 4) is 0 Å². The molecule has 2 aromatic heterocycles. The number of carbonyl (C=O) groups is 1. The van der Waals surface area contributed by atoms with Crippen LogP contribution in [0.2, 0.25) is 0 Å². The first-order valence-electron chi connectivity index (χ1n) is 7.03. The molecule has 0 aromatic carbocycles. The van der Waals surface area contributed by atoms with E-state index < -0.39 is 0 Å². The van der Waals surface area contributed by atoms with E-state index in [0.29, 0.717) is 6.54 Å². The fourth-order valence-electron chi connectivity index (χ4n) is 2.33. The first-order chi connectivity index (χ1) is 10.1. The summed E-state index contributed by atoms with van der Waals surface area (Å²) in [6.07, 6.45) is 6.77. The molecule has 5 nitrogen and oxygen atoms in total. The molecule has 2 aromatic rings. The smallest absolute Gasteiger partial charge is 0.243 e. The Morgan fingerprint density at radius 2 is 2.14 bits per heavy atom. The molecule has 1 amide bonds. The number of nitrogens with zero attached hydrogens (tertiary/aromatic N) is 2. The van der Waals surface area contributed by atoms with E-state index in [9.17, 15) is 4.79 Å². The average molecular weight is 306 g/mol. The van der Waals surface area contributed by atoms with Crippen LogP contribution in [0.5, 0.6) is 0 Å². The van der Waals surface area contributed by atoms with Gasteiger partial charge in [0, 0.05) is 30.2 Å². The Morgan fingerprint density at radius 3 is 2.71 bits per heavy atom. The molecular formula is C15H22N4OS. The predicted octanol–water partition coefficient (Wildman–Crippen LogP) is 2.44. The average Bonchev–Trinajstić information content (AvgIpc) is 3.09. The first-order valence-corrected chi connectivity index (χ1v) is 8.42. The van der Waals surface area contributed by atoms with Gasteiger partial charge in [-0.25, -0.2) is 0 Å². The Morgan fingerprint density at radius 1 is 1.43 bits per heavy atom. The lowest BCUT2D eigenvalue weighted by molar-refractivity contribution is -0.124. The molecule has 0 fully saturated rings. The third-order valence-electron chi connectivity index (χ3n) is 3.61. The van der Waals surface area contributed by atoms with Gasteiger partial charge in [-0.3, -0.25) is 9.89 Å². The summed E-state index contributed by atoms with van der Waals surface area (Å²) in [7, 11) is 0. The number of aryl methyl sites for hydroxylation is 2. The van der Waals surface area contributed by atoms with Crippen molar-refractivity contribution in [2.24, 2.45) is 0 Å². The van der Waals surface area contributed by atoms with Gasteiger partial charge in [0.25, 0.3) is 0 Å². The fourth-order valence-corrected chi connectivity index (χ4v) is 2.79. The van der Waals surface area contributed by atoms with Gasteiger partial charge in [0.1, 0.15) is 6.04 Å². The molecule has 0 saturated carbocycles. The molecular weight excluding hydrogens is 284 g/mol. The minimum atomic E-state index is -0.153. The third kappa shape index (κ3) is 3.91. The highest BCUT2D eigenvalue weighted by Gasteiger charge is 2.19. The number of aromatic nitrogens is 3. The summed E-state index contributed by atoms with van der Waals surface area (Å²) >= 11 is 1.76. The number of thioether (sulfide) groups is 1. The summed E-state index contributed by atoms with van der Waals surface area (Å²) in [6.45, 7) is 4.44. The van der Waals surface area contributed by atoms with Crippen LogP contribution < -0.4 is 5.32 Å². The van der Waals surface area contributed by atoms with Crippen molar-refractivity contribution < 1.29 is 4.79 Å². The zero-order valence-corrected chi connectivity index (χ0v) is 13.5. The fraction of sp³-hybridized carbons (Fsp3) is 0.467. The molecule has 2 rings (SSSR count). The topological polar surface area (TPSA) is 62.7 Å². The van der Waals surface area contributed by atoms with E-state index in [4.69, 9.17) is 0 Å². The standard InChI is InChI=1S/C15H22N4OS/c1-11-13(12(2)18-17-11)10-16-15(20)14(6-9-21-3)19-7-4-5-8-19/h4-5,7-8,14H,6,9-10H2,1-3H3,(H,16,20)(H,17,18)/t14-/m0/s1. The van der Waals surface area contributed by atoms with Crippen molar-refractivity contribution >= 4 is 17.7 Å². The normalized spacial score (nSPS) is 12.3. The summed E-state index contributed by atoms with van der Waals surface area (Å²) in [4.78, 5) is 12.5. The largest absolute Gasteiger partial charge is 0.350 e. The number of aromatic amines is 1. The number of carbonyl (C=O) groups excluding carboxylic acids is 1. The number of hydrogen-bond donors (Lipinski definition) is 2. The van der Waals surface area contributed by atoms with Crippen LogP contribution in [0.1, 0.15) is 29.4 Å². The predicted molar refractivity (Wildman–Crippen MR) is 86.4 cm³/mol. The Labute approximate surface area is 129 Å². The Bertz CT molecular complexity index is 557. The monoisotopic (exact) mass is 306 g/mol. The maximum atomic E-state index is 12.5. The second-order valence-corrected chi connectivity index (χ2v) is 6.04. The molecule has 0 saturated heterocycles. The van der Waals surface area contributed by atoms with Crippen LogP contribution in [-0.4, -0.2) is 32.7 Å². The maximum absolute atomic E-state index is 12.5. The lowest BCUT2D eigenvalue weighted by atomic mass is 10.1. The van der Waals surface area contributed by atoms with Crippen LogP contribution in [0, 0.1) is 13.8 Å². The van der Waals surface area contributed by atoms with Crippen LogP contribution in [0.3, 0.4) is 0 Å². The van der Waals surface area contributed by atoms with Crippen molar-refractivity contribution in [1.82, 2.24) is 20.1 Å². The van der Waals surface area contributed by atoms with Gasteiger partial charge >= 0.3 is 0 Å². The summed E-state index contributed by atoms with van der Waals surface area (Å²) < 4.78 is 1.97. The molecule has 21 heavy (non-hydrogen) atoms. The summed E-state index contributed by atoms with van der Waals surface area (Å²) in [5.74, 6) is 1.01. The molecule has 0 aliphatic carbocycles. The summed E-state index contributed by atoms with van der Waals surface area (Å²) in [5.41, 5.74) is 3.02. The van der Waals surface area contributed by atoms with E-state index in [1.165, 1.54) is 0 Å². The highest BCUT2D eigenvalue weighted by Crippen LogP contribution is 2.16. The van der Waals surface area contributed by atoms with Crippen molar-refractivity contribution in [1.29, 1.82) is 0 Å². The number of amides is 1. The van der Waals surface area contributed by atoms with E-state index in [1.807, 2.05) is 42.9 Å². The minimum absolute atomic E-state index is 0.0558. The molecule has 2 heterocycles. The number of nitrogens with one attached hydrogen (secondary N) is 2. The molecule has 0 unspecified atom stereocenters. The molecule has 1 atom stereocenters. The molecule has 2 N–H and O–H groups in total. The van der Waals surface area contributed by atoms with Crippen LogP contribution >= 0.6 is 11.8 Å². The second kappa shape index (κ2) is 7.36. The van der Waals surface area contributed by atoms with E-state index in [0.717, 1.165) is 29.1 Å². The third-order valence-corrected chi connectivity index (χ3v) is 4.25. The molecule has 0 radical (unpaired) electrons. The molecule has 0 spiro atoms. The SMILES string of the molecule is CSCC[C@@H](C(=O)NCc1c(C)n[nH]c1C)n1cccc1. The molecule has 0 aliphatic rings. The van der Waals surface area contributed by atoms with Crippen LogP contribution in [-0.2, 0) is 11.3 Å². The van der Waals surface area contributed by atoms with Crippen molar-refractivity contribution in [2.45, 2.75) is 32.9 Å². The molecule has 114 valence electrons. The zero-order valence-electron chi connectivity index (χ0n) is 12.7. The molecule has 0 aliphatic heterocycles. The molecule has 0 bridgehead atoms. The van der Waals surface area contributed by atoms with Gasteiger partial charge in [-0.15, -0.1) is 0 Å². The van der Waals surface area contributed by atoms with Gasteiger partial charge in [-0.1, -0.05) is 0 Å². The summed E-state index contributed by atoms with van der Waals surface area (Å²) in [6, 6.07) is 3.74. The highest BCUT2D eigenvalue weighted by molar-refractivity contribution is 7.98. The summed E-state index contributed by atoms with van der Waals surface area (Å²) in [5, 5.41) is 10.1. The first kappa shape index (κ1) is 15.7. The highest BCUT2D eigenvalue weighted by atomic mass is 32.2. The van der Waals surface area contributed by atoms with Crippen LogP contribution in [0.15, 0.2) is 24.5 Å². The quantitative estimate of drug-likeness (QED) is 0.826. The van der Waals surface area contributed by atoms with Gasteiger partial charge in [-0.05, 0) is 44.4 Å². The van der Waals surface area contributed by atoms with E-state index in [1.54, 1.807) is 11.8 Å². The van der Waals surface area contributed by atoms with Crippen LogP contribution in [0.4, 0.5) is 0 Å². The lowest BCUT2D eigenvalue weighted by Crippen LogP contribution is -2.32. The van der Waals surface area contributed by atoms with Gasteiger partial charge < -0.3 is 9.88 Å². The number of rotatable bonds is 7. The van der Waals surface area contributed by atoms with E-state index in [-0.39, 0.29) is 11.9 Å². The maximum Gasteiger partial charge on any atom is 0.243 e. The second-order valence-electron chi connectivity index (χ2n) is 5.06. The minimum Gasteiger partial charge on any atom is -0.350 e. The van der Waals surface area contributed by atoms with Crippen LogP contribution in [0.25, 0.3) is 0 Å². The van der Waals surface area contributed by atoms with Crippen molar-refractivity contribution in [3.05, 3.63) is 41.5 Å². The van der Waals surface area contributed by atoms with E-state index in [2.05, 4.69) is 21.8 Å². The van der Waals surface area contributed by atoms with E-state index >= 15 is 0 Å². The lowest BCUT2D eigenvalue weighted by Gasteiger charge is -2.18.